The van der Waals surface area contributed by atoms with Crippen molar-refractivity contribution < 1.29 is 4.79 Å². The van der Waals surface area contributed by atoms with E-state index in [9.17, 15) is 4.79 Å². The van der Waals surface area contributed by atoms with Gasteiger partial charge >= 0.3 is 0 Å². The van der Waals surface area contributed by atoms with E-state index in [1.165, 1.54) is 0 Å². The van der Waals surface area contributed by atoms with Crippen LogP contribution in [0.3, 0.4) is 0 Å². The number of hydrogen-bond donors (Lipinski definition) is 2. The molecule has 1 heterocycles. The molecule has 1 rings (SSSR count). The molecule has 2 unspecified atom stereocenters. The number of thiocarbonyl (C=S) groups is 1. The van der Waals surface area contributed by atoms with E-state index in [0.29, 0.717) is 5.11 Å². The van der Waals surface area contributed by atoms with Gasteiger partial charge in [-0.05, 0) is 19.1 Å². The highest BCUT2D eigenvalue weighted by Gasteiger charge is 2.26. The van der Waals surface area contributed by atoms with Gasteiger partial charge in [0.25, 0.3) is 0 Å². The molecule has 1 aliphatic heterocycles. The Morgan fingerprint density at radius 3 is 2.60 bits per heavy atom. The van der Waals surface area contributed by atoms with Gasteiger partial charge in [0.15, 0.2) is 5.11 Å². The number of amides is 1. The summed E-state index contributed by atoms with van der Waals surface area (Å²) in [6.07, 6.45) is 0. The van der Waals surface area contributed by atoms with Crippen LogP contribution in [0.15, 0.2) is 0 Å². The third-order valence-corrected chi connectivity index (χ3v) is 1.98. The summed E-state index contributed by atoms with van der Waals surface area (Å²) < 4.78 is 0. The van der Waals surface area contributed by atoms with Gasteiger partial charge < -0.3 is 10.6 Å². The Kier molecular flexibility index (Phi) is 1.89. The minimum Gasteiger partial charge on any atom is -0.359 e. The molecule has 1 aliphatic rings. The monoisotopic (exact) mass is 158 g/mol. The van der Waals surface area contributed by atoms with E-state index in [1.807, 2.05) is 13.8 Å². The van der Waals surface area contributed by atoms with Crippen LogP contribution in [0.25, 0.3) is 0 Å². The Bertz CT molecular complexity index is 181. The van der Waals surface area contributed by atoms with E-state index in [2.05, 4.69) is 10.6 Å². The number of carbonyl (C=O) groups excluding carboxylic acids is 1. The number of hydrogen-bond acceptors (Lipinski definition) is 2. The van der Waals surface area contributed by atoms with Crippen molar-refractivity contribution >= 4 is 23.2 Å². The first kappa shape index (κ1) is 7.47. The van der Waals surface area contributed by atoms with Gasteiger partial charge in [0.05, 0.1) is 5.92 Å². The normalized spacial score (nSPS) is 33.0. The highest BCUT2D eigenvalue weighted by atomic mass is 32.1. The smallest absolute Gasteiger partial charge is 0.231 e. The van der Waals surface area contributed by atoms with Crippen LogP contribution < -0.4 is 10.6 Å². The summed E-state index contributed by atoms with van der Waals surface area (Å²) in [6.45, 7) is 3.81. The summed E-state index contributed by atoms with van der Waals surface area (Å²) in [6, 6.07) is 0.154. The molecule has 0 aromatic rings. The lowest BCUT2D eigenvalue weighted by Crippen LogP contribution is -2.55. The maximum Gasteiger partial charge on any atom is 0.231 e. The SMILES string of the molecule is CC1NC(=S)NC(=O)C1C. The lowest BCUT2D eigenvalue weighted by Gasteiger charge is -2.27. The van der Waals surface area contributed by atoms with Crippen LogP contribution in [-0.2, 0) is 4.79 Å². The Morgan fingerprint density at radius 2 is 2.10 bits per heavy atom. The maximum absolute atomic E-state index is 11.0. The van der Waals surface area contributed by atoms with E-state index in [1.54, 1.807) is 0 Å². The minimum atomic E-state index is 0.00620. The van der Waals surface area contributed by atoms with Crippen LogP contribution in [0, 0.1) is 5.92 Å². The summed E-state index contributed by atoms with van der Waals surface area (Å²) in [7, 11) is 0. The summed E-state index contributed by atoms with van der Waals surface area (Å²) in [5.41, 5.74) is 0. The highest BCUT2D eigenvalue weighted by molar-refractivity contribution is 7.80. The highest BCUT2D eigenvalue weighted by Crippen LogP contribution is 2.05. The summed E-state index contributed by atoms with van der Waals surface area (Å²) >= 11 is 4.77. The summed E-state index contributed by atoms with van der Waals surface area (Å²) in [5, 5.41) is 5.94. The molecular weight excluding hydrogens is 148 g/mol. The molecule has 0 aromatic carbocycles. The second-order valence-electron chi connectivity index (χ2n) is 2.54. The minimum absolute atomic E-state index is 0.00620. The number of carbonyl (C=O) groups is 1. The van der Waals surface area contributed by atoms with Gasteiger partial charge in [0.2, 0.25) is 5.91 Å². The molecule has 0 radical (unpaired) electrons. The van der Waals surface area contributed by atoms with Crippen molar-refractivity contribution in [3.8, 4) is 0 Å². The first-order valence-electron chi connectivity index (χ1n) is 3.22. The fraction of sp³-hybridized carbons (Fsp3) is 0.667. The van der Waals surface area contributed by atoms with Gasteiger partial charge in [0, 0.05) is 6.04 Å². The molecule has 2 atom stereocenters. The van der Waals surface area contributed by atoms with Gasteiger partial charge in [-0.3, -0.25) is 4.79 Å². The fourth-order valence-electron chi connectivity index (χ4n) is 0.821. The predicted octanol–water partition coefficient (Wildman–Crippen LogP) is 0.0153. The van der Waals surface area contributed by atoms with Crippen molar-refractivity contribution in [1.29, 1.82) is 0 Å². The molecular formula is C6H10N2OS. The second kappa shape index (κ2) is 2.54. The molecule has 1 saturated heterocycles. The van der Waals surface area contributed by atoms with Crippen LogP contribution in [0.5, 0.6) is 0 Å². The average Bonchev–Trinajstić information content (AvgIpc) is 1.82. The van der Waals surface area contributed by atoms with E-state index < -0.39 is 0 Å². The van der Waals surface area contributed by atoms with Gasteiger partial charge in [-0.2, -0.15) is 0 Å². The standard InChI is InChI=1S/C6H10N2OS/c1-3-4(2)7-6(10)8-5(3)9/h3-4H,1-2H3,(H2,7,8,9,10). The maximum atomic E-state index is 11.0. The first-order chi connectivity index (χ1) is 4.61. The van der Waals surface area contributed by atoms with Gasteiger partial charge in [-0.25, -0.2) is 0 Å². The molecule has 0 saturated carbocycles. The molecule has 1 amide bonds. The zero-order valence-corrected chi connectivity index (χ0v) is 6.79. The Balaban J connectivity index is 2.66. The molecule has 0 aliphatic carbocycles. The second-order valence-corrected chi connectivity index (χ2v) is 2.95. The predicted molar refractivity (Wildman–Crippen MR) is 42.5 cm³/mol. The third kappa shape index (κ3) is 1.26. The quantitative estimate of drug-likeness (QED) is 0.488. The third-order valence-electron chi connectivity index (χ3n) is 1.76. The molecule has 56 valence electrons. The van der Waals surface area contributed by atoms with Crippen LogP contribution in [0.4, 0.5) is 0 Å². The Morgan fingerprint density at radius 1 is 1.50 bits per heavy atom. The van der Waals surface area contributed by atoms with Crippen LogP contribution in [0.2, 0.25) is 0 Å². The lowest BCUT2D eigenvalue weighted by molar-refractivity contribution is -0.124. The van der Waals surface area contributed by atoms with Crippen molar-refractivity contribution in [3.05, 3.63) is 0 Å². The van der Waals surface area contributed by atoms with Gasteiger partial charge in [0.1, 0.15) is 0 Å². The first-order valence-corrected chi connectivity index (χ1v) is 3.63. The molecule has 0 bridgehead atoms. The molecule has 0 aromatic heterocycles. The number of rotatable bonds is 0. The van der Waals surface area contributed by atoms with Crippen molar-refractivity contribution in [3.63, 3.8) is 0 Å². The zero-order chi connectivity index (χ0) is 7.72. The van der Waals surface area contributed by atoms with Crippen molar-refractivity contribution in [1.82, 2.24) is 10.6 Å². The van der Waals surface area contributed by atoms with E-state index in [-0.39, 0.29) is 17.9 Å². The van der Waals surface area contributed by atoms with Crippen LogP contribution >= 0.6 is 12.2 Å². The molecule has 3 nitrogen and oxygen atoms in total. The molecule has 1 fully saturated rings. The molecule has 4 heteroatoms. The van der Waals surface area contributed by atoms with Crippen molar-refractivity contribution in [2.75, 3.05) is 0 Å². The topological polar surface area (TPSA) is 41.1 Å². The van der Waals surface area contributed by atoms with E-state index in [4.69, 9.17) is 12.2 Å². The van der Waals surface area contributed by atoms with E-state index in [0.717, 1.165) is 0 Å². The van der Waals surface area contributed by atoms with Crippen LogP contribution in [0.1, 0.15) is 13.8 Å². The van der Waals surface area contributed by atoms with Crippen molar-refractivity contribution in [2.24, 2.45) is 5.92 Å². The van der Waals surface area contributed by atoms with E-state index >= 15 is 0 Å². The largest absolute Gasteiger partial charge is 0.359 e. The Hall–Kier alpha value is -0.640. The summed E-state index contributed by atoms with van der Waals surface area (Å²) in [4.78, 5) is 11.0. The lowest BCUT2D eigenvalue weighted by atomic mass is 10.0. The molecule has 2 N–H and O–H groups in total. The summed E-state index contributed by atoms with van der Waals surface area (Å²) in [5.74, 6) is 0.0166. The Labute approximate surface area is 65.2 Å². The fourth-order valence-corrected chi connectivity index (χ4v) is 1.11. The molecule has 10 heavy (non-hydrogen) atoms. The van der Waals surface area contributed by atoms with Gasteiger partial charge in [-0.15, -0.1) is 0 Å². The average molecular weight is 158 g/mol. The van der Waals surface area contributed by atoms with Crippen molar-refractivity contribution in [2.45, 2.75) is 19.9 Å². The zero-order valence-electron chi connectivity index (χ0n) is 5.97. The number of nitrogens with one attached hydrogen (secondary N) is 2. The van der Waals surface area contributed by atoms with Gasteiger partial charge in [-0.1, -0.05) is 6.92 Å². The van der Waals surface area contributed by atoms with Crippen LogP contribution in [-0.4, -0.2) is 17.1 Å². The molecule has 0 spiro atoms.